The number of fused-ring (bicyclic) bond motifs is 1. The number of pyridine rings is 1. The number of aromatic nitrogens is 3. The van der Waals surface area contributed by atoms with Crippen LogP contribution in [0.2, 0.25) is 5.02 Å². The van der Waals surface area contributed by atoms with Gasteiger partial charge in [-0.15, -0.1) is 5.10 Å². The molecule has 0 spiro atoms. The number of ether oxygens (including phenoxy) is 1. The van der Waals surface area contributed by atoms with Gasteiger partial charge in [0.05, 0.1) is 17.7 Å². The summed E-state index contributed by atoms with van der Waals surface area (Å²) >= 11 is 5.71. The van der Waals surface area contributed by atoms with E-state index in [9.17, 15) is 18.8 Å². The molecule has 2 amide bonds. The van der Waals surface area contributed by atoms with E-state index in [1.54, 1.807) is 31.4 Å². The van der Waals surface area contributed by atoms with Crippen molar-refractivity contribution in [1.82, 2.24) is 14.2 Å². The lowest BCUT2D eigenvalue weighted by Gasteiger charge is -2.06. The Labute approximate surface area is 191 Å². The fourth-order valence-corrected chi connectivity index (χ4v) is 3.22. The lowest BCUT2D eigenvalue weighted by Crippen LogP contribution is -2.28. The molecule has 0 atom stereocenters. The summed E-state index contributed by atoms with van der Waals surface area (Å²) in [6, 6.07) is 13.5. The van der Waals surface area contributed by atoms with Gasteiger partial charge in [0.15, 0.2) is 5.65 Å². The van der Waals surface area contributed by atoms with Gasteiger partial charge in [-0.1, -0.05) is 11.6 Å². The maximum Gasteiger partial charge on any atom is 0.350 e. The highest BCUT2D eigenvalue weighted by Gasteiger charge is 2.14. The molecule has 0 fully saturated rings. The summed E-state index contributed by atoms with van der Waals surface area (Å²) in [6.45, 7) is -0.386. The second-order valence-electron chi connectivity index (χ2n) is 6.95. The first-order valence-electron chi connectivity index (χ1n) is 9.63. The van der Waals surface area contributed by atoms with Crippen LogP contribution >= 0.6 is 11.6 Å². The Hall–Kier alpha value is -4.18. The maximum absolute atomic E-state index is 13.3. The molecule has 33 heavy (non-hydrogen) atoms. The van der Waals surface area contributed by atoms with Crippen molar-refractivity contribution in [2.45, 2.75) is 6.54 Å². The lowest BCUT2D eigenvalue weighted by atomic mass is 10.2. The Kier molecular flexibility index (Phi) is 6.09. The molecule has 0 aliphatic rings. The molecule has 0 radical (unpaired) electrons. The first kappa shape index (κ1) is 22.0. The lowest BCUT2D eigenvalue weighted by molar-refractivity contribution is -0.117. The average Bonchev–Trinajstić information content (AvgIpc) is 3.11. The Bertz CT molecular complexity index is 1410. The number of amides is 2. The van der Waals surface area contributed by atoms with Crippen molar-refractivity contribution in [3.05, 3.63) is 87.7 Å². The molecule has 0 unspecified atom stereocenters. The first-order valence-corrected chi connectivity index (χ1v) is 10.0. The second kappa shape index (κ2) is 9.13. The zero-order chi connectivity index (χ0) is 23.5. The summed E-state index contributed by atoms with van der Waals surface area (Å²) in [6.07, 6.45) is 1.34. The third-order valence-corrected chi connectivity index (χ3v) is 4.97. The predicted octanol–water partition coefficient (Wildman–Crippen LogP) is 3.19. The molecule has 2 N–H and O–H groups in total. The largest absolute Gasteiger partial charge is 0.497 e. The number of halogens is 2. The number of carbonyl (C=O) groups is 2. The van der Waals surface area contributed by atoms with Gasteiger partial charge in [-0.2, -0.15) is 0 Å². The van der Waals surface area contributed by atoms with E-state index in [4.69, 9.17) is 16.3 Å². The van der Waals surface area contributed by atoms with E-state index in [1.165, 1.54) is 34.9 Å². The highest BCUT2D eigenvalue weighted by Crippen LogP contribution is 2.19. The SMILES string of the molecule is COc1ccc(NC(=O)c2ccc3nn(CC(=O)Nc4ccc(F)c(Cl)c4)c(=O)n3c2)cc1. The van der Waals surface area contributed by atoms with Crippen molar-refractivity contribution in [2.75, 3.05) is 17.7 Å². The number of benzene rings is 2. The Morgan fingerprint density at radius 2 is 1.79 bits per heavy atom. The summed E-state index contributed by atoms with van der Waals surface area (Å²) in [5, 5.41) is 9.22. The maximum atomic E-state index is 13.3. The normalized spacial score (nSPS) is 10.8. The molecular weight excluding hydrogens is 453 g/mol. The Morgan fingerprint density at radius 3 is 2.48 bits per heavy atom. The molecule has 0 saturated heterocycles. The smallest absolute Gasteiger partial charge is 0.350 e. The molecule has 2 heterocycles. The molecule has 0 saturated carbocycles. The van der Waals surface area contributed by atoms with Crippen molar-refractivity contribution in [1.29, 1.82) is 0 Å². The number of rotatable bonds is 6. The van der Waals surface area contributed by atoms with Gasteiger partial charge in [-0.3, -0.25) is 9.59 Å². The minimum atomic E-state index is -0.613. The fraction of sp³-hybridized carbons (Fsp3) is 0.0909. The molecule has 4 aromatic rings. The van der Waals surface area contributed by atoms with Gasteiger partial charge < -0.3 is 15.4 Å². The van der Waals surface area contributed by atoms with Crippen LogP contribution in [0.15, 0.2) is 65.6 Å². The van der Waals surface area contributed by atoms with Gasteiger partial charge in [0, 0.05) is 17.6 Å². The van der Waals surface area contributed by atoms with Crippen LogP contribution in [0.5, 0.6) is 5.75 Å². The van der Waals surface area contributed by atoms with E-state index in [-0.39, 0.29) is 28.5 Å². The number of methoxy groups -OCH3 is 1. The van der Waals surface area contributed by atoms with E-state index in [0.29, 0.717) is 11.4 Å². The van der Waals surface area contributed by atoms with Crippen LogP contribution in [0.3, 0.4) is 0 Å². The minimum absolute atomic E-state index is 0.141. The number of nitrogens with zero attached hydrogens (tertiary/aromatic N) is 3. The van der Waals surface area contributed by atoms with Gasteiger partial charge in [0.2, 0.25) is 5.91 Å². The third-order valence-electron chi connectivity index (χ3n) is 4.68. The van der Waals surface area contributed by atoms with Crippen LogP contribution < -0.4 is 21.1 Å². The van der Waals surface area contributed by atoms with Crippen molar-refractivity contribution < 1.29 is 18.7 Å². The van der Waals surface area contributed by atoms with Gasteiger partial charge in [0.25, 0.3) is 5.91 Å². The number of nitrogens with one attached hydrogen (secondary N) is 2. The monoisotopic (exact) mass is 469 g/mol. The molecule has 2 aromatic carbocycles. The first-order chi connectivity index (χ1) is 15.8. The summed E-state index contributed by atoms with van der Waals surface area (Å²) < 4.78 is 20.5. The molecule has 9 nitrogen and oxygen atoms in total. The third kappa shape index (κ3) is 4.85. The minimum Gasteiger partial charge on any atom is -0.497 e. The van der Waals surface area contributed by atoms with Crippen LogP contribution in [-0.2, 0) is 11.3 Å². The van der Waals surface area contributed by atoms with Crippen LogP contribution in [0, 0.1) is 5.82 Å². The zero-order valence-electron chi connectivity index (χ0n) is 17.2. The summed E-state index contributed by atoms with van der Waals surface area (Å²) in [7, 11) is 1.54. The van der Waals surface area contributed by atoms with Gasteiger partial charge in [0.1, 0.15) is 18.1 Å². The number of hydrogen-bond donors (Lipinski definition) is 2. The van der Waals surface area contributed by atoms with Crippen LogP contribution in [0.4, 0.5) is 15.8 Å². The fourth-order valence-electron chi connectivity index (χ4n) is 3.04. The summed E-state index contributed by atoms with van der Waals surface area (Å²) in [4.78, 5) is 37.6. The predicted molar refractivity (Wildman–Crippen MR) is 120 cm³/mol. The molecule has 0 aliphatic carbocycles. The van der Waals surface area contributed by atoms with E-state index >= 15 is 0 Å². The molecule has 4 rings (SSSR count). The van der Waals surface area contributed by atoms with Gasteiger partial charge in [-0.05, 0) is 54.6 Å². The van der Waals surface area contributed by atoms with Crippen LogP contribution in [0.25, 0.3) is 5.65 Å². The number of anilines is 2. The highest BCUT2D eigenvalue weighted by molar-refractivity contribution is 6.31. The Morgan fingerprint density at radius 1 is 1.06 bits per heavy atom. The van der Waals surface area contributed by atoms with E-state index in [2.05, 4.69) is 15.7 Å². The van der Waals surface area contributed by atoms with Crippen LogP contribution in [-0.4, -0.2) is 33.1 Å². The summed E-state index contributed by atoms with van der Waals surface area (Å²) in [5.41, 5.74) is 0.725. The average molecular weight is 470 g/mol. The summed E-state index contributed by atoms with van der Waals surface area (Å²) in [5.74, 6) is -0.939. The molecular formula is C22H17ClFN5O4. The van der Waals surface area contributed by atoms with Crippen molar-refractivity contribution >= 4 is 40.4 Å². The van der Waals surface area contributed by atoms with Crippen LogP contribution in [0.1, 0.15) is 10.4 Å². The van der Waals surface area contributed by atoms with Gasteiger partial charge >= 0.3 is 5.69 Å². The zero-order valence-corrected chi connectivity index (χ0v) is 18.0. The standard InChI is InChI=1S/C22H17ClFN5O4/c1-33-16-6-3-14(4-7-16)26-21(31)13-2-9-19-27-29(22(32)28(19)11-13)12-20(30)25-15-5-8-18(24)17(23)10-15/h2-11H,12H2,1H3,(H,25,30)(H,26,31). The molecule has 0 bridgehead atoms. The van der Waals surface area contributed by atoms with Gasteiger partial charge in [-0.25, -0.2) is 18.3 Å². The van der Waals surface area contributed by atoms with Crippen molar-refractivity contribution in [3.8, 4) is 5.75 Å². The number of hydrogen-bond acceptors (Lipinski definition) is 5. The van der Waals surface area contributed by atoms with E-state index in [0.717, 1.165) is 10.7 Å². The van der Waals surface area contributed by atoms with E-state index in [1.807, 2.05) is 0 Å². The van der Waals surface area contributed by atoms with Crippen molar-refractivity contribution in [2.24, 2.45) is 0 Å². The molecule has 168 valence electrons. The molecule has 11 heteroatoms. The topological polar surface area (TPSA) is 107 Å². The quantitative estimate of drug-likeness (QED) is 0.451. The second-order valence-corrected chi connectivity index (χ2v) is 7.35. The highest BCUT2D eigenvalue weighted by atomic mass is 35.5. The molecule has 2 aromatic heterocycles. The van der Waals surface area contributed by atoms with Crippen molar-refractivity contribution in [3.63, 3.8) is 0 Å². The number of carbonyl (C=O) groups excluding carboxylic acids is 2. The van der Waals surface area contributed by atoms with E-state index < -0.39 is 23.3 Å². The Balaban J connectivity index is 1.50. The molecule has 0 aliphatic heterocycles.